The number of hydrogen-bond acceptors (Lipinski definition) is 4. The molecule has 5 heteroatoms. The average molecular weight is 271 g/mol. The lowest BCUT2D eigenvalue weighted by atomic mass is 10.3. The van der Waals surface area contributed by atoms with E-state index >= 15 is 0 Å². The van der Waals surface area contributed by atoms with E-state index in [4.69, 9.17) is 5.73 Å². The first-order chi connectivity index (χ1) is 9.72. The van der Waals surface area contributed by atoms with Crippen LogP contribution in [-0.2, 0) is 6.54 Å². The van der Waals surface area contributed by atoms with Crippen LogP contribution < -0.4 is 5.73 Å². The summed E-state index contributed by atoms with van der Waals surface area (Å²) in [5.41, 5.74) is 8.12. The highest BCUT2D eigenvalue weighted by Crippen LogP contribution is 2.15. The van der Waals surface area contributed by atoms with Crippen molar-refractivity contribution in [2.75, 3.05) is 39.0 Å². The van der Waals surface area contributed by atoms with Crippen LogP contribution in [0.2, 0.25) is 0 Å². The molecule has 2 N–H and O–H groups in total. The number of piperazine rings is 1. The fraction of sp³-hybridized carbons (Fsp3) is 0.400. The number of hydrogen-bond donors (Lipinski definition) is 1. The van der Waals surface area contributed by atoms with E-state index in [1.54, 1.807) is 0 Å². The van der Waals surface area contributed by atoms with Crippen LogP contribution >= 0.6 is 0 Å². The summed E-state index contributed by atoms with van der Waals surface area (Å²) in [5.74, 6) is 0.695. The third-order valence-electron chi connectivity index (χ3n) is 3.77. The number of likely N-dealkylation sites (N-methyl/N-ethyl adjacent to an activating group) is 1. The quantitative estimate of drug-likeness (QED) is 0.911. The number of benzene rings is 1. The fourth-order valence-electron chi connectivity index (χ4n) is 2.54. The number of rotatable bonds is 3. The van der Waals surface area contributed by atoms with Crippen LogP contribution in [0.15, 0.2) is 36.4 Å². The van der Waals surface area contributed by atoms with E-state index in [9.17, 15) is 0 Å². The third kappa shape index (κ3) is 2.84. The summed E-state index contributed by atoms with van der Waals surface area (Å²) in [6.07, 6.45) is 0. The number of nitrogens with zero attached hydrogens (tertiary/aromatic N) is 4. The Morgan fingerprint density at radius 2 is 1.80 bits per heavy atom. The van der Waals surface area contributed by atoms with Crippen LogP contribution in [0.3, 0.4) is 0 Å². The second-order valence-electron chi connectivity index (χ2n) is 5.39. The Labute approximate surface area is 119 Å². The molecule has 1 fully saturated rings. The minimum atomic E-state index is 0.695. The van der Waals surface area contributed by atoms with Crippen molar-refractivity contribution >= 4 is 5.82 Å². The van der Waals surface area contributed by atoms with Crippen molar-refractivity contribution in [1.29, 1.82) is 0 Å². The zero-order valence-corrected chi connectivity index (χ0v) is 11.9. The molecule has 0 aliphatic carbocycles. The van der Waals surface area contributed by atoms with Gasteiger partial charge in [-0.25, -0.2) is 4.68 Å². The molecule has 3 rings (SSSR count). The summed E-state index contributed by atoms with van der Waals surface area (Å²) in [5, 5.41) is 4.63. The number of nitrogens with two attached hydrogens (primary N) is 1. The molecule has 20 heavy (non-hydrogen) atoms. The monoisotopic (exact) mass is 271 g/mol. The summed E-state index contributed by atoms with van der Waals surface area (Å²) < 4.78 is 1.81. The van der Waals surface area contributed by atoms with Crippen LogP contribution in [0.5, 0.6) is 0 Å². The molecule has 0 spiro atoms. The maximum absolute atomic E-state index is 6.07. The van der Waals surface area contributed by atoms with E-state index in [-0.39, 0.29) is 0 Å². The van der Waals surface area contributed by atoms with Crippen molar-refractivity contribution in [2.45, 2.75) is 6.54 Å². The number of para-hydroxylation sites is 1. The Kier molecular flexibility index (Phi) is 3.71. The molecule has 5 nitrogen and oxygen atoms in total. The highest BCUT2D eigenvalue weighted by molar-refractivity contribution is 5.42. The molecule has 2 aromatic rings. The smallest absolute Gasteiger partial charge is 0.127 e. The van der Waals surface area contributed by atoms with Crippen LogP contribution in [0, 0.1) is 0 Å². The first-order valence-corrected chi connectivity index (χ1v) is 7.03. The topological polar surface area (TPSA) is 50.3 Å². The largest absolute Gasteiger partial charge is 0.384 e. The average Bonchev–Trinajstić information content (AvgIpc) is 2.83. The van der Waals surface area contributed by atoms with E-state index in [0.717, 1.165) is 44.1 Å². The summed E-state index contributed by atoms with van der Waals surface area (Å²) >= 11 is 0. The first kappa shape index (κ1) is 13.1. The van der Waals surface area contributed by atoms with E-state index in [1.807, 2.05) is 41.1 Å². The summed E-state index contributed by atoms with van der Waals surface area (Å²) in [6.45, 7) is 5.30. The molecule has 1 aliphatic heterocycles. The molecular formula is C15H21N5. The summed E-state index contributed by atoms with van der Waals surface area (Å²) in [4.78, 5) is 4.78. The second kappa shape index (κ2) is 5.64. The molecule has 0 saturated carbocycles. The van der Waals surface area contributed by atoms with E-state index in [0.29, 0.717) is 5.82 Å². The standard InChI is InChI=1S/C15H21N5/c1-18-7-9-19(10-8-18)12-13-11-15(16)20(17-13)14-5-3-2-4-6-14/h2-6,11H,7-10,12,16H2,1H3. The minimum Gasteiger partial charge on any atom is -0.384 e. The van der Waals surface area contributed by atoms with Gasteiger partial charge in [0.05, 0.1) is 11.4 Å². The summed E-state index contributed by atoms with van der Waals surface area (Å²) in [7, 11) is 2.17. The molecule has 0 unspecified atom stereocenters. The predicted octanol–water partition coefficient (Wildman–Crippen LogP) is 1.20. The minimum absolute atomic E-state index is 0.695. The van der Waals surface area contributed by atoms with Crippen molar-refractivity contribution in [3.05, 3.63) is 42.1 Å². The van der Waals surface area contributed by atoms with E-state index < -0.39 is 0 Å². The Balaban J connectivity index is 1.73. The Morgan fingerprint density at radius 1 is 1.10 bits per heavy atom. The van der Waals surface area contributed by atoms with Crippen LogP contribution in [0.25, 0.3) is 5.69 Å². The summed E-state index contributed by atoms with van der Waals surface area (Å²) in [6, 6.07) is 12.0. The molecule has 106 valence electrons. The third-order valence-corrected chi connectivity index (χ3v) is 3.77. The number of aromatic nitrogens is 2. The lowest BCUT2D eigenvalue weighted by Gasteiger charge is -2.31. The molecule has 1 aromatic heterocycles. The van der Waals surface area contributed by atoms with Gasteiger partial charge in [0.25, 0.3) is 0 Å². The first-order valence-electron chi connectivity index (χ1n) is 7.03. The van der Waals surface area contributed by atoms with Crippen molar-refractivity contribution in [2.24, 2.45) is 0 Å². The van der Waals surface area contributed by atoms with Gasteiger partial charge in [-0.15, -0.1) is 0 Å². The molecule has 1 aliphatic rings. The zero-order valence-electron chi connectivity index (χ0n) is 11.9. The van der Waals surface area contributed by atoms with Gasteiger partial charge in [0.15, 0.2) is 0 Å². The highest BCUT2D eigenvalue weighted by Gasteiger charge is 2.16. The highest BCUT2D eigenvalue weighted by atomic mass is 15.3. The van der Waals surface area contributed by atoms with Crippen molar-refractivity contribution < 1.29 is 0 Å². The molecule has 1 aromatic carbocycles. The maximum atomic E-state index is 6.07. The molecule has 0 amide bonds. The second-order valence-corrected chi connectivity index (χ2v) is 5.39. The van der Waals surface area contributed by atoms with Gasteiger partial charge in [-0.05, 0) is 19.2 Å². The Bertz CT molecular complexity index is 555. The number of nitrogen functional groups attached to an aromatic ring is 1. The normalized spacial score (nSPS) is 17.4. The molecule has 0 bridgehead atoms. The molecule has 0 atom stereocenters. The van der Waals surface area contributed by atoms with Gasteiger partial charge in [-0.1, -0.05) is 18.2 Å². The van der Waals surface area contributed by atoms with Crippen molar-refractivity contribution in [3.63, 3.8) is 0 Å². The van der Waals surface area contributed by atoms with Gasteiger partial charge < -0.3 is 10.6 Å². The van der Waals surface area contributed by atoms with Gasteiger partial charge in [-0.2, -0.15) is 5.10 Å². The van der Waals surface area contributed by atoms with Crippen LogP contribution in [0.1, 0.15) is 5.69 Å². The van der Waals surface area contributed by atoms with Crippen LogP contribution in [-0.4, -0.2) is 52.8 Å². The SMILES string of the molecule is CN1CCN(Cc2cc(N)n(-c3ccccc3)n2)CC1. The molecule has 0 radical (unpaired) electrons. The predicted molar refractivity (Wildman–Crippen MR) is 80.8 cm³/mol. The van der Waals surface area contributed by atoms with Crippen molar-refractivity contribution in [1.82, 2.24) is 19.6 Å². The van der Waals surface area contributed by atoms with Crippen LogP contribution in [0.4, 0.5) is 5.82 Å². The maximum Gasteiger partial charge on any atom is 0.127 e. The van der Waals surface area contributed by atoms with E-state index in [1.165, 1.54) is 0 Å². The molecule has 1 saturated heterocycles. The molecular weight excluding hydrogens is 250 g/mol. The zero-order chi connectivity index (χ0) is 13.9. The van der Waals surface area contributed by atoms with Gasteiger partial charge in [0.1, 0.15) is 5.82 Å². The lowest BCUT2D eigenvalue weighted by Crippen LogP contribution is -2.43. The van der Waals surface area contributed by atoms with Crippen molar-refractivity contribution in [3.8, 4) is 5.69 Å². The fourth-order valence-corrected chi connectivity index (χ4v) is 2.54. The Hall–Kier alpha value is -1.85. The van der Waals surface area contributed by atoms with E-state index in [2.05, 4.69) is 21.9 Å². The number of anilines is 1. The lowest BCUT2D eigenvalue weighted by molar-refractivity contribution is 0.147. The van der Waals surface area contributed by atoms with Gasteiger partial charge in [0, 0.05) is 38.8 Å². The van der Waals surface area contributed by atoms with Gasteiger partial charge >= 0.3 is 0 Å². The van der Waals surface area contributed by atoms with Gasteiger partial charge in [-0.3, -0.25) is 4.90 Å². The Morgan fingerprint density at radius 3 is 2.50 bits per heavy atom. The molecule has 2 heterocycles. The van der Waals surface area contributed by atoms with Gasteiger partial charge in [0.2, 0.25) is 0 Å².